The van der Waals surface area contributed by atoms with Crippen LogP contribution >= 0.6 is 46.6 Å². The summed E-state index contributed by atoms with van der Waals surface area (Å²) in [7, 11) is 0. The molecule has 1 aliphatic heterocycles. The molecule has 1 saturated heterocycles. The van der Waals surface area contributed by atoms with Crippen LogP contribution in [0.25, 0.3) is 6.08 Å². The topological polar surface area (TPSA) is 80.5 Å². The van der Waals surface area contributed by atoms with Gasteiger partial charge in [-0.15, -0.1) is 0 Å². The van der Waals surface area contributed by atoms with Gasteiger partial charge in [0, 0.05) is 21.7 Å². The van der Waals surface area contributed by atoms with Gasteiger partial charge in [0.1, 0.15) is 5.02 Å². The summed E-state index contributed by atoms with van der Waals surface area (Å²) in [5, 5.41) is 10.9. The van der Waals surface area contributed by atoms with Crippen molar-refractivity contribution < 1.29 is 14.5 Å². The number of nitrogens with zero attached hydrogens (tertiary/aromatic N) is 2. The van der Waals surface area contributed by atoms with Gasteiger partial charge in [0.25, 0.3) is 16.8 Å². The van der Waals surface area contributed by atoms with E-state index in [0.29, 0.717) is 22.3 Å². The Morgan fingerprint density at radius 3 is 2.44 bits per heavy atom. The number of hydrogen-bond acceptors (Lipinski definition) is 5. The fraction of sp³-hybridized carbons (Fsp3) is 0.0588. The van der Waals surface area contributed by atoms with Crippen LogP contribution in [0.5, 0.6) is 0 Å². The zero-order chi connectivity index (χ0) is 19.7. The van der Waals surface area contributed by atoms with Crippen molar-refractivity contribution >= 4 is 69.5 Å². The Balaban J connectivity index is 1.95. The molecule has 0 atom stereocenters. The Morgan fingerprint density at radius 2 is 1.78 bits per heavy atom. The Bertz CT molecular complexity index is 1010. The molecule has 1 aliphatic rings. The predicted octanol–water partition coefficient (Wildman–Crippen LogP) is 5.79. The average Bonchev–Trinajstić information content (AvgIpc) is 2.87. The molecule has 10 heteroatoms. The summed E-state index contributed by atoms with van der Waals surface area (Å²) < 4.78 is 0. The molecule has 0 aliphatic carbocycles. The van der Waals surface area contributed by atoms with E-state index in [4.69, 9.17) is 34.8 Å². The highest BCUT2D eigenvalue weighted by Crippen LogP contribution is 2.39. The highest BCUT2D eigenvalue weighted by atomic mass is 35.5. The summed E-state index contributed by atoms with van der Waals surface area (Å²) in [6.45, 7) is 0.0120. The lowest BCUT2D eigenvalue weighted by atomic mass is 10.1. The molecule has 0 spiro atoms. The van der Waals surface area contributed by atoms with Crippen molar-refractivity contribution in [3.05, 3.63) is 77.6 Å². The standard InChI is InChI=1S/C17H9Cl3N2O4S/c18-11-4-2-1-3-9(11)8-21-16(23)14(27-17(21)24)7-10-12(19)5-6-13(15(10)20)22(25)26/h1-7H,8H2/b14-7-. The van der Waals surface area contributed by atoms with Crippen molar-refractivity contribution in [3.8, 4) is 0 Å². The lowest BCUT2D eigenvalue weighted by molar-refractivity contribution is -0.384. The quantitative estimate of drug-likeness (QED) is 0.339. The smallest absolute Gasteiger partial charge is 0.268 e. The van der Waals surface area contributed by atoms with Gasteiger partial charge in [-0.1, -0.05) is 53.0 Å². The molecule has 1 fully saturated rings. The fourth-order valence-corrected chi connectivity index (χ4v) is 3.96. The first-order chi connectivity index (χ1) is 12.8. The minimum atomic E-state index is -0.654. The first-order valence-electron chi connectivity index (χ1n) is 7.40. The van der Waals surface area contributed by atoms with Gasteiger partial charge in [-0.25, -0.2) is 0 Å². The van der Waals surface area contributed by atoms with Gasteiger partial charge in [0.2, 0.25) is 0 Å². The highest BCUT2D eigenvalue weighted by molar-refractivity contribution is 8.18. The zero-order valence-electron chi connectivity index (χ0n) is 13.3. The van der Waals surface area contributed by atoms with Crippen molar-refractivity contribution in [1.29, 1.82) is 0 Å². The van der Waals surface area contributed by atoms with E-state index in [1.807, 2.05) is 0 Å². The molecular formula is C17H9Cl3N2O4S. The van der Waals surface area contributed by atoms with Crippen LogP contribution in [0.3, 0.4) is 0 Å². The lowest BCUT2D eigenvalue weighted by Gasteiger charge is -2.13. The van der Waals surface area contributed by atoms with Gasteiger partial charge in [-0.05, 0) is 35.5 Å². The molecule has 0 saturated carbocycles. The van der Waals surface area contributed by atoms with E-state index in [0.717, 1.165) is 4.90 Å². The second-order valence-electron chi connectivity index (χ2n) is 5.41. The van der Waals surface area contributed by atoms with Gasteiger partial charge < -0.3 is 0 Å². The molecule has 0 radical (unpaired) electrons. The van der Waals surface area contributed by atoms with Crippen LogP contribution in [-0.2, 0) is 11.3 Å². The third-order valence-corrected chi connectivity index (χ3v) is 5.74. The molecule has 0 aromatic heterocycles. The molecular weight excluding hydrogens is 435 g/mol. The summed E-state index contributed by atoms with van der Waals surface area (Å²) in [6, 6.07) is 9.35. The predicted molar refractivity (Wildman–Crippen MR) is 106 cm³/mol. The second-order valence-corrected chi connectivity index (χ2v) is 7.60. The molecule has 0 unspecified atom stereocenters. The number of rotatable bonds is 4. The van der Waals surface area contributed by atoms with E-state index in [-0.39, 0.29) is 32.7 Å². The van der Waals surface area contributed by atoms with Crippen LogP contribution in [0.4, 0.5) is 10.5 Å². The number of carbonyl (C=O) groups excluding carboxylic acids is 2. The fourth-order valence-electron chi connectivity index (χ4n) is 2.40. The van der Waals surface area contributed by atoms with Gasteiger partial charge in [0.05, 0.1) is 16.4 Å². The lowest BCUT2D eigenvalue weighted by Crippen LogP contribution is -2.27. The molecule has 138 valence electrons. The van der Waals surface area contributed by atoms with Crippen LogP contribution in [0, 0.1) is 10.1 Å². The molecule has 1 heterocycles. The third-order valence-electron chi connectivity index (χ3n) is 3.74. The van der Waals surface area contributed by atoms with Crippen LogP contribution in [0.2, 0.25) is 15.1 Å². The number of nitro benzene ring substituents is 1. The first-order valence-corrected chi connectivity index (χ1v) is 9.35. The highest BCUT2D eigenvalue weighted by Gasteiger charge is 2.36. The number of thioether (sulfide) groups is 1. The molecule has 3 rings (SSSR count). The van der Waals surface area contributed by atoms with Gasteiger partial charge in [-0.3, -0.25) is 24.6 Å². The number of amides is 2. The van der Waals surface area contributed by atoms with Crippen LogP contribution in [0.15, 0.2) is 41.3 Å². The van der Waals surface area contributed by atoms with E-state index < -0.39 is 16.1 Å². The second kappa shape index (κ2) is 7.90. The van der Waals surface area contributed by atoms with E-state index in [9.17, 15) is 19.7 Å². The Morgan fingerprint density at radius 1 is 1.07 bits per heavy atom. The number of halogens is 3. The number of imide groups is 1. The van der Waals surface area contributed by atoms with Crippen molar-refractivity contribution in [1.82, 2.24) is 4.90 Å². The molecule has 0 bridgehead atoms. The summed E-state index contributed by atoms with van der Waals surface area (Å²) in [5.41, 5.74) is 0.382. The maximum Gasteiger partial charge on any atom is 0.293 e. The first kappa shape index (κ1) is 19.7. The maximum atomic E-state index is 12.6. The largest absolute Gasteiger partial charge is 0.293 e. The average molecular weight is 444 g/mol. The van der Waals surface area contributed by atoms with Gasteiger partial charge in [-0.2, -0.15) is 0 Å². The monoisotopic (exact) mass is 442 g/mol. The van der Waals surface area contributed by atoms with E-state index in [1.54, 1.807) is 24.3 Å². The number of hydrogen-bond donors (Lipinski definition) is 0. The van der Waals surface area contributed by atoms with Gasteiger partial charge >= 0.3 is 0 Å². The molecule has 2 aromatic rings. The Labute approximate surface area is 172 Å². The minimum absolute atomic E-state index is 0.0120. The summed E-state index contributed by atoms with van der Waals surface area (Å²) in [6.07, 6.45) is 1.29. The van der Waals surface area contributed by atoms with Gasteiger partial charge in [0.15, 0.2) is 0 Å². The number of benzene rings is 2. The Hall–Kier alpha value is -2.06. The zero-order valence-corrected chi connectivity index (χ0v) is 16.4. The van der Waals surface area contributed by atoms with Crippen molar-refractivity contribution in [2.24, 2.45) is 0 Å². The summed E-state index contributed by atoms with van der Waals surface area (Å²) in [4.78, 5) is 36.4. The third kappa shape index (κ3) is 3.96. The molecule has 6 nitrogen and oxygen atoms in total. The minimum Gasteiger partial charge on any atom is -0.268 e. The SMILES string of the molecule is O=C1S/C(=C\c2c(Cl)ccc([N+](=O)[O-])c2Cl)C(=O)N1Cc1ccccc1Cl. The van der Waals surface area contributed by atoms with E-state index in [1.165, 1.54) is 18.2 Å². The van der Waals surface area contributed by atoms with Crippen molar-refractivity contribution in [3.63, 3.8) is 0 Å². The molecule has 27 heavy (non-hydrogen) atoms. The molecule has 2 amide bonds. The number of carbonyl (C=O) groups is 2. The van der Waals surface area contributed by atoms with E-state index >= 15 is 0 Å². The van der Waals surface area contributed by atoms with Crippen molar-refractivity contribution in [2.45, 2.75) is 6.54 Å². The van der Waals surface area contributed by atoms with Crippen LogP contribution < -0.4 is 0 Å². The molecule has 2 aromatic carbocycles. The van der Waals surface area contributed by atoms with Crippen LogP contribution in [-0.4, -0.2) is 21.0 Å². The van der Waals surface area contributed by atoms with E-state index in [2.05, 4.69) is 0 Å². The Kier molecular flexibility index (Phi) is 5.76. The normalized spacial score (nSPS) is 15.7. The maximum absolute atomic E-state index is 12.6. The summed E-state index contributed by atoms with van der Waals surface area (Å²) >= 11 is 18.9. The van der Waals surface area contributed by atoms with Crippen molar-refractivity contribution in [2.75, 3.05) is 0 Å². The number of nitro groups is 1. The van der Waals surface area contributed by atoms with Crippen LogP contribution in [0.1, 0.15) is 11.1 Å². The summed E-state index contributed by atoms with van der Waals surface area (Å²) in [5.74, 6) is -0.552. The molecule has 0 N–H and O–H groups in total.